The first kappa shape index (κ1) is 13.0. The van der Waals surface area contributed by atoms with Crippen molar-refractivity contribution < 1.29 is 13.2 Å². The number of amidine groups is 1. The van der Waals surface area contributed by atoms with Crippen molar-refractivity contribution in [1.82, 2.24) is 9.88 Å². The first-order valence-electron chi connectivity index (χ1n) is 5.74. The molecule has 0 radical (unpaired) electrons. The third-order valence-electron chi connectivity index (χ3n) is 2.75. The summed E-state index contributed by atoms with van der Waals surface area (Å²) in [6, 6.07) is 0. The molecule has 0 atom stereocenters. The molecule has 3 rings (SSSR count). The van der Waals surface area contributed by atoms with E-state index in [1.807, 2.05) is 0 Å². The van der Waals surface area contributed by atoms with Gasteiger partial charge in [0, 0.05) is 24.3 Å². The molecule has 0 bridgehead atoms. The number of sulfonamides is 1. The number of hydrogen-bond donors (Lipinski definition) is 1. The van der Waals surface area contributed by atoms with Gasteiger partial charge in [0.2, 0.25) is 0 Å². The van der Waals surface area contributed by atoms with E-state index in [2.05, 4.69) is 14.7 Å². The first-order valence-corrected chi connectivity index (χ1v) is 8.23. The van der Waals surface area contributed by atoms with Crippen LogP contribution < -0.4 is 5.32 Å². The number of nitrogens with zero attached hydrogens (tertiary/aromatic N) is 3. The minimum absolute atomic E-state index is 0.0534. The Kier molecular flexibility index (Phi) is 3.14. The van der Waals surface area contributed by atoms with Gasteiger partial charge in [0.05, 0.1) is 11.3 Å². The summed E-state index contributed by atoms with van der Waals surface area (Å²) in [5.41, 5.74) is 0.214. The summed E-state index contributed by atoms with van der Waals surface area (Å²) < 4.78 is 26.9. The van der Waals surface area contributed by atoms with Gasteiger partial charge < -0.3 is 4.90 Å². The number of nitrogens with one attached hydrogen (secondary N) is 1. The number of aromatic nitrogens is 1. The molecule has 2 aliphatic rings. The van der Waals surface area contributed by atoms with Gasteiger partial charge in [-0.05, 0) is 12.2 Å². The molecular formula is C11H10N4O3S2. The van der Waals surface area contributed by atoms with E-state index in [4.69, 9.17) is 0 Å². The average molecular weight is 310 g/mol. The zero-order chi connectivity index (χ0) is 14.2. The Morgan fingerprint density at radius 3 is 3.05 bits per heavy atom. The molecule has 9 heteroatoms. The van der Waals surface area contributed by atoms with Crippen LogP contribution in [-0.2, 0) is 14.8 Å². The molecule has 1 N–H and O–H groups in total. The molecule has 1 amide bonds. The van der Waals surface area contributed by atoms with E-state index in [0.29, 0.717) is 11.7 Å². The van der Waals surface area contributed by atoms with Crippen LogP contribution in [0, 0.1) is 0 Å². The Balaban J connectivity index is 1.92. The van der Waals surface area contributed by atoms with Crippen molar-refractivity contribution in [2.24, 2.45) is 4.40 Å². The van der Waals surface area contributed by atoms with Gasteiger partial charge in [0.25, 0.3) is 15.9 Å². The van der Waals surface area contributed by atoms with Crippen LogP contribution >= 0.6 is 11.3 Å². The maximum atomic E-state index is 12.2. The van der Waals surface area contributed by atoms with Crippen molar-refractivity contribution in [1.29, 1.82) is 0 Å². The zero-order valence-corrected chi connectivity index (χ0v) is 11.8. The van der Waals surface area contributed by atoms with Crippen molar-refractivity contribution >= 4 is 38.2 Å². The molecule has 7 nitrogen and oxygen atoms in total. The molecule has 104 valence electrons. The molecule has 3 heterocycles. The van der Waals surface area contributed by atoms with Crippen molar-refractivity contribution in [2.75, 3.05) is 17.6 Å². The highest BCUT2D eigenvalue weighted by molar-refractivity contribution is 7.90. The number of anilines is 1. The van der Waals surface area contributed by atoms with Gasteiger partial charge >= 0.3 is 0 Å². The summed E-state index contributed by atoms with van der Waals surface area (Å²) in [4.78, 5) is 17.8. The normalized spacial score (nSPS) is 19.9. The van der Waals surface area contributed by atoms with E-state index in [1.165, 1.54) is 11.3 Å². The second-order valence-electron chi connectivity index (χ2n) is 4.11. The summed E-state index contributed by atoms with van der Waals surface area (Å²) in [7, 11) is -3.50. The minimum atomic E-state index is -3.50. The number of allylic oxidation sites excluding steroid dienone is 2. The van der Waals surface area contributed by atoms with Crippen LogP contribution in [0.25, 0.3) is 0 Å². The highest BCUT2D eigenvalue weighted by Gasteiger charge is 2.30. The number of hydrogen-bond acceptors (Lipinski definition) is 6. The molecule has 0 fully saturated rings. The van der Waals surface area contributed by atoms with Gasteiger partial charge in [-0.15, -0.1) is 15.7 Å². The zero-order valence-electron chi connectivity index (χ0n) is 10.2. The molecule has 0 aromatic carbocycles. The van der Waals surface area contributed by atoms with Crippen LogP contribution in [0.2, 0.25) is 0 Å². The van der Waals surface area contributed by atoms with Crippen LogP contribution in [0.5, 0.6) is 0 Å². The second-order valence-corrected chi connectivity index (χ2v) is 6.76. The summed E-state index contributed by atoms with van der Waals surface area (Å²) in [6.07, 6.45) is 6.50. The summed E-state index contributed by atoms with van der Waals surface area (Å²) in [5, 5.41) is 4.81. The van der Waals surface area contributed by atoms with E-state index in [-0.39, 0.29) is 17.2 Å². The summed E-state index contributed by atoms with van der Waals surface area (Å²) in [5.74, 6) is -0.319. The van der Waals surface area contributed by atoms with Crippen LogP contribution in [-0.4, -0.2) is 42.3 Å². The average Bonchev–Trinajstić information content (AvgIpc) is 2.89. The molecule has 20 heavy (non-hydrogen) atoms. The Labute approximate surface area is 119 Å². The smallest absolute Gasteiger partial charge is 0.261 e. The van der Waals surface area contributed by atoms with Crippen molar-refractivity contribution in [3.8, 4) is 0 Å². The second kappa shape index (κ2) is 4.84. The molecular weight excluding hydrogens is 300 g/mol. The predicted octanol–water partition coefficient (Wildman–Crippen LogP) is 0.579. The number of thiazole rings is 1. The number of fused-ring (bicyclic) bond motifs is 1. The molecule has 0 saturated carbocycles. The lowest BCUT2D eigenvalue weighted by atomic mass is 10.1. The number of carbonyl (C=O) groups excluding carboxylic acids is 1. The standard InChI is InChI=1S/C11H10N4O3S2/c16-10(13-11-12-3-6-19-11)8-2-1-4-15-5-7-20(17,18)14-9(8)15/h1-4,6H,5,7H2,(H,12,13,16). The SMILES string of the molecule is O=C(Nc1nccs1)C1=CC=CN2CCS(=O)(=O)N=C12. The van der Waals surface area contributed by atoms with Crippen LogP contribution in [0.15, 0.2) is 39.9 Å². The molecule has 2 aliphatic heterocycles. The Morgan fingerprint density at radius 1 is 1.45 bits per heavy atom. The quantitative estimate of drug-likeness (QED) is 0.862. The molecule has 1 aromatic rings. The third kappa shape index (κ3) is 2.49. The largest absolute Gasteiger partial charge is 0.331 e. The topological polar surface area (TPSA) is 91.7 Å². The number of carbonyl (C=O) groups is 1. The fourth-order valence-electron chi connectivity index (χ4n) is 1.84. The van der Waals surface area contributed by atoms with E-state index < -0.39 is 15.9 Å². The molecule has 0 aliphatic carbocycles. The van der Waals surface area contributed by atoms with Crippen molar-refractivity contribution in [3.05, 3.63) is 35.5 Å². The van der Waals surface area contributed by atoms with Crippen LogP contribution in [0.4, 0.5) is 5.13 Å². The third-order valence-corrected chi connectivity index (χ3v) is 4.59. The lowest BCUT2D eigenvalue weighted by molar-refractivity contribution is -0.112. The highest BCUT2D eigenvalue weighted by Crippen LogP contribution is 2.19. The van der Waals surface area contributed by atoms with Gasteiger partial charge in [0.1, 0.15) is 0 Å². The monoisotopic (exact) mass is 310 g/mol. The number of rotatable bonds is 2. The molecule has 1 aromatic heterocycles. The van der Waals surface area contributed by atoms with Gasteiger partial charge in [0.15, 0.2) is 11.0 Å². The van der Waals surface area contributed by atoms with Gasteiger partial charge in [-0.3, -0.25) is 10.1 Å². The van der Waals surface area contributed by atoms with Gasteiger partial charge in [-0.25, -0.2) is 13.4 Å². The fraction of sp³-hybridized carbons (Fsp3) is 0.182. The summed E-state index contributed by atoms with van der Waals surface area (Å²) in [6.45, 7) is 0.291. The fourth-order valence-corrected chi connectivity index (χ4v) is 3.35. The van der Waals surface area contributed by atoms with Crippen molar-refractivity contribution in [3.63, 3.8) is 0 Å². The van der Waals surface area contributed by atoms with E-state index in [9.17, 15) is 13.2 Å². The highest BCUT2D eigenvalue weighted by atomic mass is 32.2. The lowest BCUT2D eigenvalue weighted by Gasteiger charge is -2.28. The predicted molar refractivity (Wildman–Crippen MR) is 75.9 cm³/mol. The molecule has 0 spiro atoms. The van der Waals surface area contributed by atoms with Crippen LogP contribution in [0.1, 0.15) is 0 Å². The van der Waals surface area contributed by atoms with E-state index in [0.717, 1.165) is 0 Å². The first-order chi connectivity index (χ1) is 9.55. The van der Waals surface area contributed by atoms with Gasteiger partial charge in [-0.1, -0.05) is 0 Å². The van der Waals surface area contributed by atoms with E-state index >= 15 is 0 Å². The van der Waals surface area contributed by atoms with Crippen LogP contribution in [0.3, 0.4) is 0 Å². The lowest BCUT2D eigenvalue weighted by Crippen LogP contribution is -2.40. The minimum Gasteiger partial charge on any atom is -0.331 e. The molecule has 0 saturated heterocycles. The van der Waals surface area contributed by atoms with Gasteiger partial charge in [-0.2, -0.15) is 0 Å². The Morgan fingerprint density at radius 2 is 2.30 bits per heavy atom. The Hall–Kier alpha value is -2.00. The number of amides is 1. The summed E-state index contributed by atoms with van der Waals surface area (Å²) >= 11 is 1.28. The maximum absolute atomic E-state index is 12.2. The Bertz CT molecular complexity index is 732. The molecule has 0 unspecified atom stereocenters. The maximum Gasteiger partial charge on any atom is 0.261 e. The van der Waals surface area contributed by atoms with E-state index in [1.54, 1.807) is 34.8 Å². The van der Waals surface area contributed by atoms with Crippen molar-refractivity contribution in [2.45, 2.75) is 0 Å².